The normalized spacial score (nSPS) is 19.2. The highest BCUT2D eigenvalue weighted by atomic mass is 16.6. The lowest BCUT2D eigenvalue weighted by atomic mass is 9.85. The van der Waals surface area contributed by atoms with Crippen molar-refractivity contribution in [1.29, 1.82) is 0 Å². The van der Waals surface area contributed by atoms with Crippen molar-refractivity contribution < 1.29 is 39.2 Å². The number of fused-ring (bicyclic) bond motifs is 1. The van der Waals surface area contributed by atoms with Gasteiger partial charge < -0.3 is 35.4 Å². The molecule has 1 saturated carbocycles. The van der Waals surface area contributed by atoms with Gasteiger partial charge in [-0.2, -0.15) is 0 Å². The van der Waals surface area contributed by atoms with Crippen LogP contribution in [0.4, 0.5) is 10.5 Å². The number of hydrogen-bond donors (Lipinski definition) is 5. The molecule has 0 saturated heterocycles. The van der Waals surface area contributed by atoms with E-state index < -0.39 is 35.9 Å². The Morgan fingerprint density at radius 2 is 1.72 bits per heavy atom. The largest absolute Gasteiger partial charge is 0.461 e. The monoisotopic (exact) mass is 837 g/mol. The number of anilines is 1. The quantitative estimate of drug-likeness (QED) is 0.0271. The van der Waals surface area contributed by atoms with E-state index >= 15 is 0 Å². The van der Waals surface area contributed by atoms with Crippen LogP contribution < -0.4 is 10.6 Å². The number of aliphatic hydroxyl groups is 3. The summed E-state index contributed by atoms with van der Waals surface area (Å²) < 4.78 is 10.9. The third kappa shape index (κ3) is 17.4. The van der Waals surface area contributed by atoms with Crippen LogP contribution in [0, 0.1) is 17.8 Å². The van der Waals surface area contributed by atoms with Crippen molar-refractivity contribution in [3.8, 4) is 0 Å². The molecule has 2 amide bonds. The number of ether oxygens (including phenoxy) is 2. The molecular formula is C50H67N3O8. The van der Waals surface area contributed by atoms with Crippen molar-refractivity contribution in [1.82, 2.24) is 10.3 Å². The molecule has 3 aromatic rings. The zero-order chi connectivity index (χ0) is 44.2. The van der Waals surface area contributed by atoms with E-state index in [9.17, 15) is 29.7 Å². The minimum Gasteiger partial charge on any atom is -0.461 e. The summed E-state index contributed by atoms with van der Waals surface area (Å²) in [7, 11) is 0. The summed E-state index contributed by atoms with van der Waals surface area (Å²) in [4.78, 5) is 42.8. The number of unbranched alkanes of at least 4 members (excludes halogenated alkanes) is 2. The molecular weight excluding hydrogens is 771 g/mol. The number of amides is 2. The molecule has 1 fully saturated rings. The van der Waals surface area contributed by atoms with Gasteiger partial charge in [0.25, 0.3) is 0 Å². The van der Waals surface area contributed by atoms with E-state index in [0.29, 0.717) is 55.4 Å². The maximum Gasteiger partial charge on any atom is 0.407 e. The number of esters is 1. The molecule has 5 N–H and O–H groups in total. The van der Waals surface area contributed by atoms with Crippen LogP contribution in [0.3, 0.4) is 0 Å². The van der Waals surface area contributed by atoms with Gasteiger partial charge in [-0.3, -0.25) is 14.6 Å². The number of pyridine rings is 1. The van der Waals surface area contributed by atoms with E-state index in [1.54, 1.807) is 51.4 Å². The number of aromatic nitrogens is 1. The van der Waals surface area contributed by atoms with E-state index in [-0.39, 0.29) is 43.3 Å². The first kappa shape index (κ1) is 48.6. The average Bonchev–Trinajstić information content (AvgIpc) is 3.50. The molecule has 6 atom stereocenters. The van der Waals surface area contributed by atoms with Crippen molar-refractivity contribution in [2.24, 2.45) is 17.8 Å². The maximum absolute atomic E-state index is 13.6. The number of carbonyl (C=O) groups excluding carboxylic acids is 3. The highest BCUT2D eigenvalue weighted by Crippen LogP contribution is 2.38. The molecule has 1 aromatic heterocycles. The summed E-state index contributed by atoms with van der Waals surface area (Å²) in [5.41, 5.74) is 2.33. The predicted octanol–water partition coefficient (Wildman–Crippen LogP) is 8.94. The van der Waals surface area contributed by atoms with Gasteiger partial charge in [-0.1, -0.05) is 79.8 Å². The molecule has 0 aliphatic heterocycles. The van der Waals surface area contributed by atoms with Crippen LogP contribution in [0.2, 0.25) is 0 Å². The van der Waals surface area contributed by atoms with Crippen molar-refractivity contribution in [2.75, 3.05) is 18.5 Å². The van der Waals surface area contributed by atoms with Crippen LogP contribution in [0.1, 0.15) is 97.5 Å². The van der Waals surface area contributed by atoms with Crippen LogP contribution in [-0.2, 0) is 25.5 Å². The third-order valence-electron chi connectivity index (χ3n) is 11.1. The van der Waals surface area contributed by atoms with E-state index in [2.05, 4.69) is 34.3 Å². The third-order valence-corrected chi connectivity index (χ3v) is 11.1. The van der Waals surface area contributed by atoms with Crippen molar-refractivity contribution >= 4 is 34.4 Å². The number of allylic oxidation sites excluding steroid dienone is 4. The lowest BCUT2D eigenvalue weighted by molar-refractivity contribution is -0.142. The van der Waals surface area contributed by atoms with Crippen LogP contribution in [-0.4, -0.2) is 75.3 Å². The van der Waals surface area contributed by atoms with Gasteiger partial charge in [0, 0.05) is 36.4 Å². The van der Waals surface area contributed by atoms with Crippen LogP contribution in [0.25, 0.3) is 10.8 Å². The van der Waals surface area contributed by atoms with Crippen LogP contribution in [0.15, 0.2) is 115 Å². The van der Waals surface area contributed by atoms with E-state index in [4.69, 9.17) is 9.47 Å². The fourth-order valence-electron chi connectivity index (χ4n) is 7.60. The number of hydrogen-bond acceptors (Lipinski definition) is 9. The Hall–Kier alpha value is -5.10. The standard InChI is InChI=1S/C50H67N3O8/c1-6-36(23-22-35(2)44(33-52-49(59)61-50(3,4)5)48(58)53-40-25-24-39-32-51-29-28-38(39)30-40)34-60-47(57)21-13-8-7-12-20-42-43(46(56)31-45(42)55)27-26-41(54)19-15-14-18-37-16-10-9-11-17-37/h6-7,9-12,16-17,22-25,28-30,32,41-46,54-56H,2,8,13-15,18-21,26-27,31,33-34H2,1,3-5H3,(H,52,59)(H,53,58)/b12-7-,23-22-,36-6+/t41?,42-,43-,44?,45?,46?/m1/s1. The zero-order valence-corrected chi connectivity index (χ0v) is 36.4. The number of alkyl carbamates (subject to hydrolysis) is 1. The molecule has 0 spiro atoms. The molecule has 61 heavy (non-hydrogen) atoms. The Balaban J connectivity index is 1.18. The summed E-state index contributed by atoms with van der Waals surface area (Å²) >= 11 is 0. The Bertz CT molecular complexity index is 1950. The molecule has 330 valence electrons. The number of aryl methyl sites for hydroxylation is 1. The van der Waals surface area contributed by atoms with Crippen molar-refractivity contribution in [3.63, 3.8) is 0 Å². The predicted molar refractivity (Wildman–Crippen MR) is 242 cm³/mol. The summed E-state index contributed by atoms with van der Waals surface area (Å²) in [6, 6.07) is 17.7. The SMILES string of the molecule is C=C(/C=C\C(=C/C)COC(=O)CCC/C=C\C[C@H]1C(O)CC(O)[C@@H]1CCC(O)CCCCc1ccccc1)C(CNC(=O)OC(C)(C)C)C(=O)Nc1ccc2cnccc2c1. The van der Waals surface area contributed by atoms with Crippen molar-refractivity contribution in [3.05, 3.63) is 121 Å². The summed E-state index contributed by atoms with van der Waals surface area (Å²) in [5.74, 6) is -1.67. The molecule has 4 rings (SSSR count). The van der Waals surface area contributed by atoms with Gasteiger partial charge in [-0.05, 0) is 138 Å². The second kappa shape index (κ2) is 25.0. The first-order valence-electron chi connectivity index (χ1n) is 21.7. The number of nitrogens with one attached hydrogen (secondary N) is 2. The zero-order valence-electron chi connectivity index (χ0n) is 36.4. The molecule has 1 aliphatic carbocycles. The first-order chi connectivity index (χ1) is 29.2. The van der Waals surface area contributed by atoms with Gasteiger partial charge in [0.2, 0.25) is 5.91 Å². The smallest absolute Gasteiger partial charge is 0.407 e. The van der Waals surface area contributed by atoms with E-state index in [0.717, 1.165) is 36.5 Å². The number of rotatable bonds is 23. The second-order valence-corrected chi connectivity index (χ2v) is 17.1. The number of aliphatic hydroxyl groups excluding tert-OH is 3. The van der Waals surface area contributed by atoms with Crippen molar-refractivity contribution in [2.45, 2.75) is 122 Å². The topological polar surface area (TPSA) is 167 Å². The summed E-state index contributed by atoms with van der Waals surface area (Å²) in [5, 5.41) is 39.5. The Morgan fingerprint density at radius 3 is 2.48 bits per heavy atom. The van der Waals surface area contributed by atoms with Gasteiger partial charge in [0.05, 0.1) is 24.2 Å². The van der Waals surface area contributed by atoms with Gasteiger partial charge in [0.1, 0.15) is 12.2 Å². The summed E-state index contributed by atoms with van der Waals surface area (Å²) in [6.45, 7) is 11.2. The minimum absolute atomic E-state index is 0.0413. The van der Waals surface area contributed by atoms with Gasteiger partial charge in [-0.15, -0.1) is 0 Å². The Morgan fingerprint density at radius 1 is 0.951 bits per heavy atom. The molecule has 4 unspecified atom stereocenters. The fraction of sp³-hybridized carbons (Fsp3) is 0.480. The maximum atomic E-state index is 13.6. The first-order valence-corrected chi connectivity index (χ1v) is 21.7. The lowest BCUT2D eigenvalue weighted by Gasteiger charge is -2.23. The average molecular weight is 838 g/mol. The molecule has 2 aromatic carbocycles. The highest BCUT2D eigenvalue weighted by Gasteiger charge is 2.40. The summed E-state index contributed by atoms with van der Waals surface area (Å²) in [6.07, 6.45) is 17.9. The minimum atomic E-state index is -0.836. The number of carbonyl (C=O) groups is 3. The Kier molecular flexibility index (Phi) is 19.9. The Labute approximate surface area is 362 Å². The van der Waals surface area contributed by atoms with Gasteiger partial charge in [-0.25, -0.2) is 4.79 Å². The van der Waals surface area contributed by atoms with E-state index in [1.807, 2.05) is 61.5 Å². The molecule has 0 bridgehead atoms. The van der Waals surface area contributed by atoms with Crippen LogP contribution in [0.5, 0.6) is 0 Å². The molecule has 1 aliphatic rings. The molecule has 11 nitrogen and oxygen atoms in total. The van der Waals surface area contributed by atoms with E-state index in [1.165, 1.54) is 5.56 Å². The van der Waals surface area contributed by atoms with Gasteiger partial charge >= 0.3 is 12.1 Å². The molecule has 0 radical (unpaired) electrons. The van der Waals surface area contributed by atoms with Gasteiger partial charge in [0.15, 0.2) is 0 Å². The van der Waals surface area contributed by atoms with Crippen LogP contribution >= 0.6 is 0 Å². The molecule has 11 heteroatoms. The number of nitrogens with zero attached hydrogens (tertiary/aromatic N) is 1. The number of benzene rings is 2. The highest BCUT2D eigenvalue weighted by molar-refractivity contribution is 5.97. The lowest BCUT2D eigenvalue weighted by Crippen LogP contribution is -2.39. The second-order valence-electron chi connectivity index (χ2n) is 17.1. The fourth-order valence-corrected chi connectivity index (χ4v) is 7.60. The molecule has 1 heterocycles.